The molecule has 168 valence electrons. The van der Waals surface area contributed by atoms with Crippen molar-refractivity contribution < 1.29 is 8.83 Å². The number of hydrogen-bond donors (Lipinski definition) is 0. The number of furan rings is 1. The van der Waals surface area contributed by atoms with Crippen LogP contribution in [-0.4, -0.2) is 23.3 Å². The molecule has 0 saturated carbocycles. The predicted octanol–water partition coefficient (Wildman–Crippen LogP) is 6.69. The Balaban J connectivity index is 1.27. The van der Waals surface area contributed by atoms with Gasteiger partial charge in [0.25, 0.3) is 0 Å². The van der Waals surface area contributed by atoms with Gasteiger partial charge < -0.3 is 13.7 Å². The zero-order valence-corrected chi connectivity index (χ0v) is 19.4. The Labute approximate surface area is 194 Å². The fourth-order valence-corrected chi connectivity index (χ4v) is 4.46. The van der Waals surface area contributed by atoms with Gasteiger partial charge in [-0.2, -0.15) is 0 Å². The van der Waals surface area contributed by atoms with Crippen LogP contribution in [0.5, 0.6) is 0 Å². The lowest BCUT2D eigenvalue weighted by molar-refractivity contribution is 0.510. The number of benzene rings is 2. The van der Waals surface area contributed by atoms with Crippen molar-refractivity contribution >= 4 is 5.69 Å². The number of aromatic nitrogens is 2. The summed E-state index contributed by atoms with van der Waals surface area (Å²) in [7, 11) is 0. The number of anilines is 1. The maximum atomic E-state index is 5.99. The molecule has 2 aromatic carbocycles. The number of allylic oxidation sites excluding steroid dienone is 1. The van der Waals surface area contributed by atoms with E-state index in [9.17, 15) is 0 Å². The third-order valence-electron chi connectivity index (χ3n) is 6.65. The van der Waals surface area contributed by atoms with Crippen molar-refractivity contribution in [1.82, 2.24) is 10.2 Å². The molecule has 1 aliphatic heterocycles. The van der Waals surface area contributed by atoms with Gasteiger partial charge in [0.2, 0.25) is 11.8 Å². The number of aryl methyl sites for hydroxylation is 1. The average molecular weight is 440 g/mol. The van der Waals surface area contributed by atoms with Gasteiger partial charge in [0.05, 0.1) is 6.42 Å². The zero-order chi connectivity index (χ0) is 22.8. The molecule has 0 amide bonds. The van der Waals surface area contributed by atoms with Crippen LogP contribution < -0.4 is 4.90 Å². The molecule has 1 aliphatic rings. The second-order valence-electron chi connectivity index (χ2n) is 8.75. The fraction of sp³-hybridized carbons (Fsp3) is 0.286. The average Bonchev–Trinajstić information content (AvgIpc) is 3.60. The summed E-state index contributed by atoms with van der Waals surface area (Å²) in [5.74, 6) is 3.51. The molecule has 1 unspecified atom stereocenters. The molecule has 0 spiro atoms. The van der Waals surface area contributed by atoms with Crippen LogP contribution in [0.2, 0.25) is 0 Å². The maximum Gasteiger partial charge on any atom is 0.247 e. The van der Waals surface area contributed by atoms with E-state index in [-0.39, 0.29) is 0 Å². The first-order chi connectivity index (χ1) is 16.1. The van der Waals surface area contributed by atoms with Crippen LogP contribution in [-0.2, 0) is 6.42 Å². The molecule has 0 N–H and O–H groups in total. The summed E-state index contributed by atoms with van der Waals surface area (Å²) in [6.45, 7) is 8.50. The Morgan fingerprint density at radius 2 is 1.82 bits per heavy atom. The summed E-state index contributed by atoms with van der Waals surface area (Å²) in [6.07, 6.45) is 4.00. The Hall–Kier alpha value is -3.60. The molecule has 5 heteroatoms. The van der Waals surface area contributed by atoms with Crippen LogP contribution in [0.25, 0.3) is 22.8 Å². The minimum Gasteiger partial charge on any atom is -0.461 e. The standard InChI is InChI=1S/C28H29N3O2/c1-4-19(2)23-14-15-31(18-23)25-12-10-22(11-13-25)28-30-29-27(33-28)17-24-16-26(32-20(24)3)21-8-6-5-7-9-21/h4-13,16,23H,14-15,17-18H2,1-3H3/b19-4-. The van der Waals surface area contributed by atoms with E-state index in [0.717, 1.165) is 41.3 Å². The summed E-state index contributed by atoms with van der Waals surface area (Å²) in [6, 6.07) is 20.6. The van der Waals surface area contributed by atoms with Gasteiger partial charge in [-0.25, -0.2) is 0 Å². The molecule has 0 bridgehead atoms. The van der Waals surface area contributed by atoms with E-state index in [4.69, 9.17) is 8.83 Å². The van der Waals surface area contributed by atoms with E-state index in [1.54, 1.807) is 0 Å². The second-order valence-corrected chi connectivity index (χ2v) is 8.75. The first-order valence-electron chi connectivity index (χ1n) is 11.6. The molecule has 33 heavy (non-hydrogen) atoms. The van der Waals surface area contributed by atoms with Crippen LogP contribution in [0.3, 0.4) is 0 Å². The SMILES string of the molecule is C/C=C(/C)C1CCN(c2ccc(-c3nnc(Cc4cc(-c5ccccc5)oc4C)o3)cc2)C1. The molecule has 3 heterocycles. The van der Waals surface area contributed by atoms with E-state index in [1.807, 2.05) is 37.3 Å². The van der Waals surface area contributed by atoms with Crippen molar-refractivity contribution in [3.63, 3.8) is 0 Å². The number of hydrogen-bond acceptors (Lipinski definition) is 5. The van der Waals surface area contributed by atoms with Gasteiger partial charge >= 0.3 is 0 Å². The van der Waals surface area contributed by atoms with E-state index in [2.05, 4.69) is 65.4 Å². The summed E-state index contributed by atoms with van der Waals surface area (Å²) in [4.78, 5) is 2.45. The van der Waals surface area contributed by atoms with Crippen molar-refractivity contribution in [2.45, 2.75) is 33.6 Å². The highest BCUT2D eigenvalue weighted by Gasteiger charge is 2.23. The van der Waals surface area contributed by atoms with Crippen molar-refractivity contribution in [3.05, 3.63) is 89.5 Å². The monoisotopic (exact) mass is 439 g/mol. The first kappa shape index (κ1) is 21.3. The molecule has 0 aliphatic carbocycles. The van der Waals surface area contributed by atoms with Gasteiger partial charge in [-0.15, -0.1) is 10.2 Å². The van der Waals surface area contributed by atoms with Crippen LogP contribution in [0.15, 0.2) is 81.1 Å². The van der Waals surface area contributed by atoms with Crippen LogP contribution in [0.1, 0.15) is 37.5 Å². The first-order valence-corrected chi connectivity index (χ1v) is 11.6. The van der Waals surface area contributed by atoms with Gasteiger partial charge in [-0.3, -0.25) is 0 Å². The third kappa shape index (κ3) is 4.49. The fourth-order valence-electron chi connectivity index (χ4n) is 4.46. The largest absolute Gasteiger partial charge is 0.461 e. The molecule has 0 radical (unpaired) electrons. The number of nitrogens with zero attached hydrogens (tertiary/aromatic N) is 3. The molecule has 4 aromatic rings. The highest BCUT2D eigenvalue weighted by Crippen LogP contribution is 2.30. The van der Waals surface area contributed by atoms with E-state index in [1.165, 1.54) is 17.7 Å². The summed E-state index contributed by atoms with van der Waals surface area (Å²) in [5.41, 5.74) is 5.78. The van der Waals surface area contributed by atoms with Gasteiger partial charge in [0.15, 0.2) is 0 Å². The molecule has 5 nitrogen and oxygen atoms in total. The summed E-state index contributed by atoms with van der Waals surface area (Å²) < 4.78 is 11.9. The minimum absolute atomic E-state index is 0.546. The smallest absolute Gasteiger partial charge is 0.247 e. The Kier molecular flexibility index (Phi) is 5.86. The lowest BCUT2D eigenvalue weighted by Crippen LogP contribution is -2.19. The molecule has 2 aromatic heterocycles. The van der Waals surface area contributed by atoms with Gasteiger partial charge in [0, 0.05) is 35.5 Å². The highest BCUT2D eigenvalue weighted by atomic mass is 16.4. The Morgan fingerprint density at radius 3 is 2.58 bits per heavy atom. The van der Waals surface area contributed by atoms with Crippen molar-refractivity contribution in [2.75, 3.05) is 18.0 Å². The molecule has 1 saturated heterocycles. The normalized spacial score (nSPS) is 16.5. The molecular weight excluding hydrogens is 410 g/mol. The number of rotatable bonds is 6. The van der Waals surface area contributed by atoms with Crippen molar-refractivity contribution in [1.29, 1.82) is 0 Å². The molecule has 1 atom stereocenters. The van der Waals surface area contributed by atoms with Crippen LogP contribution in [0, 0.1) is 12.8 Å². The maximum absolute atomic E-state index is 5.99. The van der Waals surface area contributed by atoms with Crippen LogP contribution >= 0.6 is 0 Å². The highest BCUT2D eigenvalue weighted by molar-refractivity contribution is 5.60. The molecule has 1 fully saturated rings. The predicted molar refractivity (Wildman–Crippen MR) is 131 cm³/mol. The zero-order valence-electron chi connectivity index (χ0n) is 19.4. The van der Waals surface area contributed by atoms with Crippen molar-refractivity contribution in [2.24, 2.45) is 5.92 Å². The van der Waals surface area contributed by atoms with Crippen molar-refractivity contribution in [3.8, 4) is 22.8 Å². The third-order valence-corrected chi connectivity index (χ3v) is 6.65. The van der Waals surface area contributed by atoms with Gasteiger partial charge in [-0.1, -0.05) is 42.0 Å². The van der Waals surface area contributed by atoms with E-state index in [0.29, 0.717) is 24.1 Å². The lowest BCUT2D eigenvalue weighted by Gasteiger charge is -2.19. The van der Waals surface area contributed by atoms with Gasteiger partial charge in [0.1, 0.15) is 11.5 Å². The molecule has 5 rings (SSSR count). The Bertz CT molecular complexity index is 1250. The second kappa shape index (κ2) is 9.10. The van der Waals surface area contributed by atoms with Crippen LogP contribution in [0.4, 0.5) is 5.69 Å². The lowest BCUT2D eigenvalue weighted by atomic mass is 10.00. The minimum atomic E-state index is 0.546. The molecular formula is C28H29N3O2. The quantitative estimate of drug-likeness (QED) is 0.313. The summed E-state index contributed by atoms with van der Waals surface area (Å²) >= 11 is 0. The van der Waals surface area contributed by atoms with E-state index < -0.39 is 0 Å². The van der Waals surface area contributed by atoms with E-state index >= 15 is 0 Å². The summed E-state index contributed by atoms with van der Waals surface area (Å²) in [5, 5.41) is 8.56. The topological polar surface area (TPSA) is 55.3 Å². The Morgan fingerprint density at radius 1 is 1.03 bits per heavy atom. The van der Waals surface area contributed by atoms with Gasteiger partial charge in [-0.05, 0) is 63.4 Å².